The van der Waals surface area contributed by atoms with Crippen molar-refractivity contribution in [3.8, 4) is 23.0 Å². The van der Waals surface area contributed by atoms with Gasteiger partial charge >= 0.3 is 0 Å². The van der Waals surface area contributed by atoms with Crippen molar-refractivity contribution in [3.05, 3.63) is 54.2 Å². The van der Waals surface area contributed by atoms with E-state index in [2.05, 4.69) is 14.9 Å². The largest absolute Gasteiger partial charge is 0.454 e. The summed E-state index contributed by atoms with van der Waals surface area (Å²) >= 11 is 0. The van der Waals surface area contributed by atoms with Gasteiger partial charge in [0.1, 0.15) is 5.82 Å². The van der Waals surface area contributed by atoms with Crippen LogP contribution in [-0.4, -0.2) is 32.0 Å². The summed E-state index contributed by atoms with van der Waals surface area (Å²) in [5.74, 6) is 1.04. The number of rotatable bonds is 6. The van der Waals surface area contributed by atoms with Gasteiger partial charge in [0, 0.05) is 24.6 Å². The van der Waals surface area contributed by atoms with Gasteiger partial charge in [0.05, 0.1) is 4.90 Å². The maximum absolute atomic E-state index is 13.0. The van der Waals surface area contributed by atoms with Crippen LogP contribution < -0.4 is 14.2 Å². The molecule has 1 aromatic heterocycles. The van der Waals surface area contributed by atoms with E-state index < -0.39 is 10.0 Å². The zero-order valence-electron chi connectivity index (χ0n) is 13.9. The number of hydrogen-bond acceptors (Lipinski definition) is 7. The number of nitrogens with one attached hydrogen (secondary N) is 1. The molecule has 0 aliphatic carbocycles. The van der Waals surface area contributed by atoms with Crippen LogP contribution in [0.2, 0.25) is 0 Å². The van der Waals surface area contributed by atoms with E-state index in [9.17, 15) is 12.8 Å². The lowest BCUT2D eigenvalue weighted by molar-refractivity contribution is 0.174. The highest BCUT2D eigenvalue weighted by atomic mass is 32.2. The molecule has 10 heteroatoms. The second-order valence-electron chi connectivity index (χ2n) is 5.67. The van der Waals surface area contributed by atoms with Crippen molar-refractivity contribution >= 4 is 10.0 Å². The molecule has 2 aromatic carbocycles. The molecular formula is C17H14FN3O5S. The van der Waals surface area contributed by atoms with Gasteiger partial charge < -0.3 is 13.9 Å². The van der Waals surface area contributed by atoms with E-state index >= 15 is 0 Å². The number of fused-ring (bicyclic) bond motifs is 1. The van der Waals surface area contributed by atoms with Gasteiger partial charge in [-0.2, -0.15) is 0 Å². The van der Waals surface area contributed by atoms with Crippen LogP contribution in [-0.2, 0) is 16.4 Å². The van der Waals surface area contributed by atoms with Crippen LogP contribution in [0.1, 0.15) is 5.89 Å². The monoisotopic (exact) mass is 391 g/mol. The van der Waals surface area contributed by atoms with Gasteiger partial charge in [0.2, 0.25) is 28.6 Å². The molecule has 8 nitrogen and oxygen atoms in total. The molecule has 0 fully saturated rings. The number of hydrogen-bond donors (Lipinski definition) is 1. The van der Waals surface area contributed by atoms with Crippen molar-refractivity contribution in [2.75, 3.05) is 13.3 Å². The summed E-state index contributed by atoms with van der Waals surface area (Å²) in [6.45, 7) is 0.141. The van der Waals surface area contributed by atoms with Gasteiger partial charge in [-0.05, 0) is 36.4 Å². The van der Waals surface area contributed by atoms with Crippen molar-refractivity contribution in [2.24, 2.45) is 0 Å². The van der Waals surface area contributed by atoms with E-state index in [-0.39, 0.29) is 42.3 Å². The highest BCUT2D eigenvalue weighted by molar-refractivity contribution is 7.89. The molecule has 140 valence electrons. The quantitative estimate of drug-likeness (QED) is 0.686. The highest BCUT2D eigenvalue weighted by Gasteiger charge is 2.20. The van der Waals surface area contributed by atoms with Crippen LogP contribution in [0.25, 0.3) is 11.5 Å². The lowest BCUT2D eigenvalue weighted by Gasteiger charge is -2.06. The molecule has 4 rings (SSSR count). The summed E-state index contributed by atoms with van der Waals surface area (Å²) in [6.07, 6.45) is 0.206. The molecule has 0 atom stereocenters. The highest BCUT2D eigenvalue weighted by Crippen LogP contribution is 2.33. The maximum Gasteiger partial charge on any atom is 0.247 e. The summed E-state index contributed by atoms with van der Waals surface area (Å²) in [5, 5.41) is 7.75. The normalized spacial score (nSPS) is 13.1. The Hall–Kier alpha value is -2.98. The average molecular weight is 391 g/mol. The van der Waals surface area contributed by atoms with Crippen LogP contribution in [0, 0.1) is 5.82 Å². The first kappa shape index (κ1) is 17.4. The van der Waals surface area contributed by atoms with Crippen molar-refractivity contribution < 1.29 is 26.7 Å². The predicted molar refractivity (Wildman–Crippen MR) is 91.1 cm³/mol. The fraction of sp³-hybridized carbons (Fsp3) is 0.176. The van der Waals surface area contributed by atoms with E-state index in [1.807, 2.05) is 0 Å². The molecule has 1 aliphatic heterocycles. The summed E-state index contributed by atoms with van der Waals surface area (Å²) in [4.78, 5) is 0.0734. The zero-order valence-corrected chi connectivity index (χ0v) is 14.7. The number of benzene rings is 2. The molecule has 27 heavy (non-hydrogen) atoms. The van der Waals surface area contributed by atoms with Crippen LogP contribution in [0.5, 0.6) is 11.5 Å². The Bertz CT molecular complexity index is 1070. The molecule has 0 amide bonds. The molecule has 2 heterocycles. The van der Waals surface area contributed by atoms with Crippen LogP contribution >= 0.6 is 0 Å². The predicted octanol–water partition coefficient (Wildman–Crippen LogP) is 2.13. The molecule has 0 radical (unpaired) electrons. The minimum Gasteiger partial charge on any atom is -0.454 e. The SMILES string of the molecule is O=S(=O)(NCCc1nnc(-c2ccc(F)cc2)o1)c1ccc2c(c1)OCO2. The number of sulfonamides is 1. The van der Waals surface area contributed by atoms with E-state index in [4.69, 9.17) is 13.9 Å². The number of aromatic nitrogens is 2. The number of ether oxygens (including phenoxy) is 2. The standard InChI is InChI=1S/C17H14FN3O5S/c18-12-3-1-11(2-4-12)17-21-20-16(26-17)7-8-19-27(22,23)13-5-6-14-15(9-13)25-10-24-14/h1-6,9,19H,7-8,10H2. The Kier molecular flexibility index (Phi) is 4.50. The number of nitrogens with zero attached hydrogens (tertiary/aromatic N) is 2. The van der Waals surface area contributed by atoms with Crippen molar-refractivity contribution in [2.45, 2.75) is 11.3 Å². The van der Waals surface area contributed by atoms with Crippen LogP contribution in [0.15, 0.2) is 51.8 Å². The minimum atomic E-state index is -3.72. The topological polar surface area (TPSA) is 104 Å². The third kappa shape index (κ3) is 3.76. The Morgan fingerprint density at radius 2 is 1.81 bits per heavy atom. The van der Waals surface area contributed by atoms with E-state index in [1.54, 1.807) is 6.07 Å². The third-order valence-electron chi connectivity index (χ3n) is 3.84. The fourth-order valence-corrected chi connectivity index (χ4v) is 3.53. The maximum atomic E-state index is 13.0. The summed E-state index contributed by atoms with van der Waals surface area (Å²) in [7, 11) is -3.72. The molecule has 0 bridgehead atoms. The van der Waals surface area contributed by atoms with Crippen molar-refractivity contribution in [1.29, 1.82) is 0 Å². The summed E-state index contributed by atoms with van der Waals surface area (Å²) in [5.41, 5.74) is 0.580. The lowest BCUT2D eigenvalue weighted by atomic mass is 10.2. The van der Waals surface area contributed by atoms with Gasteiger partial charge in [-0.25, -0.2) is 17.5 Å². The van der Waals surface area contributed by atoms with E-state index in [0.717, 1.165) is 0 Å². The fourth-order valence-electron chi connectivity index (χ4n) is 2.48. The van der Waals surface area contributed by atoms with E-state index in [1.165, 1.54) is 36.4 Å². The minimum absolute atomic E-state index is 0.0693. The third-order valence-corrected chi connectivity index (χ3v) is 5.30. The van der Waals surface area contributed by atoms with E-state index in [0.29, 0.717) is 17.1 Å². The molecule has 0 saturated heterocycles. The second-order valence-corrected chi connectivity index (χ2v) is 7.44. The summed E-state index contributed by atoms with van der Waals surface area (Å²) < 4.78 is 56.0. The smallest absolute Gasteiger partial charge is 0.247 e. The first-order valence-corrected chi connectivity index (χ1v) is 9.47. The van der Waals surface area contributed by atoms with Gasteiger partial charge in [0.25, 0.3) is 0 Å². The molecule has 1 N–H and O–H groups in total. The Balaban J connectivity index is 1.39. The van der Waals surface area contributed by atoms with Crippen molar-refractivity contribution in [1.82, 2.24) is 14.9 Å². The molecule has 0 spiro atoms. The summed E-state index contributed by atoms with van der Waals surface area (Å²) in [6, 6.07) is 10.0. The molecule has 3 aromatic rings. The van der Waals surface area contributed by atoms with Gasteiger partial charge in [-0.3, -0.25) is 0 Å². The van der Waals surface area contributed by atoms with Crippen molar-refractivity contribution in [3.63, 3.8) is 0 Å². The Morgan fingerprint density at radius 1 is 1.04 bits per heavy atom. The average Bonchev–Trinajstić information content (AvgIpc) is 3.31. The van der Waals surface area contributed by atoms with Crippen LogP contribution in [0.4, 0.5) is 4.39 Å². The van der Waals surface area contributed by atoms with Gasteiger partial charge in [-0.1, -0.05) is 0 Å². The first-order chi connectivity index (χ1) is 13.0. The molecule has 1 aliphatic rings. The Morgan fingerprint density at radius 3 is 2.63 bits per heavy atom. The molecule has 0 unspecified atom stereocenters. The van der Waals surface area contributed by atoms with Crippen LogP contribution in [0.3, 0.4) is 0 Å². The molecular weight excluding hydrogens is 377 g/mol. The molecule has 0 saturated carbocycles. The van der Waals surface area contributed by atoms with Gasteiger partial charge in [0.15, 0.2) is 11.5 Å². The zero-order chi connectivity index (χ0) is 18.9. The second kappa shape index (κ2) is 6.97. The lowest BCUT2D eigenvalue weighted by Crippen LogP contribution is -2.26. The number of halogens is 1. The first-order valence-electron chi connectivity index (χ1n) is 7.99. The van der Waals surface area contributed by atoms with Gasteiger partial charge in [-0.15, -0.1) is 10.2 Å². The Labute approximate surface area is 154 Å².